The summed E-state index contributed by atoms with van der Waals surface area (Å²) >= 11 is 0. The molecule has 2 heterocycles. The van der Waals surface area contributed by atoms with Gasteiger partial charge in [-0.05, 0) is 23.6 Å². The third-order valence-electron chi connectivity index (χ3n) is 4.04. The Labute approximate surface area is 130 Å². The second-order valence-corrected chi connectivity index (χ2v) is 5.96. The molecular weight excluding hydrogens is 276 g/mol. The molecule has 1 aromatic heterocycles. The fraction of sp³-hybridized carbons (Fsp3) is 0.353. The monoisotopic (exact) mass is 296 g/mol. The summed E-state index contributed by atoms with van der Waals surface area (Å²) in [5.41, 5.74) is 9.46. The molecule has 0 bridgehead atoms. The first-order valence-electron chi connectivity index (χ1n) is 7.54. The molecule has 1 aromatic carbocycles. The van der Waals surface area contributed by atoms with E-state index >= 15 is 0 Å². The van der Waals surface area contributed by atoms with Crippen LogP contribution in [0.2, 0.25) is 0 Å². The Morgan fingerprint density at radius 1 is 1.36 bits per heavy atom. The molecule has 114 valence electrons. The van der Waals surface area contributed by atoms with E-state index in [1.807, 2.05) is 23.1 Å². The average Bonchev–Trinajstić information content (AvgIpc) is 2.53. The van der Waals surface area contributed by atoms with Crippen molar-refractivity contribution in [3.05, 3.63) is 52.8 Å². The molecule has 1 amide bonds. The molecule has 2 aromatic rings. The van der Waals surface area contributed by atoms with Crippen LogP contribution in [0, 0.1) is 0 Å². The number of hydrogen-bond acceptors (Lipinski definition) is 4. The normalized spacial score (nSPS) is 14.0. The largest absolute Gasteiger partial charge is 0.368 e. The summed E-state index contributed by atoms with van der Waals surface area (Å²) in [5, 5.41) is 0. The van der Waals surface area contributed by atoms with Crippen LogP contribution >= 0.6 is 0 Å². The lowest BCUT2D eigenvalue weighted by Gasteiger charge is -2.28. The van der Waals surface area contributed by atoms with Crippen LogP contribution in [0.15, 0.2) is 30.5 Å². The summed E-state index contributed by atoms with van der Waals surface area (Å²) in [4.78, 5) is 22.8. The lowest BCUT2D eigenvalue weighted by Crippen LogP contribution is -2.36. The molecule has 0 saturated heterocycles. The Bertz CT molecular complexity index is 712. The van der Waals surface area contributed by atoms with E-state index in [0.29, 0.717) is 25.0 Å². The van der Waals surface area contributed by atoms with Crippen LogP contribution in [0.3, 0.4) is 0 Å². The molecule has 0 saturated carbocycles. The fourth-order valence-electron chi connectivity index (χ4n) is 2.72. The third-order valence-corrected chi connectivity index (χ3v) is 4.04. The Kier molecular flexibility index (Phi) is 3.79. The molecule has 22 heavy (non-hydrogen) atoms. The van der Waals surface area contributed by atoms with Crippen molar-refractivity contribution in [3.63, 3.8) is 0 Å². The number of benzene rings is 1. The molecule has 1 aliphatic rings. The molecule has 0 atom stereocenters. The Morgan fingerprint density at radius 3 is 2.95 bits per heavy atom. The maximum Gasteiger partial charge on any atom is 0.254 e. The van der Waals surface area contributed by atoms with Gasteiger partial charge in [-0.15, -0.1) is 0 Å². The van der Waals surface area contributed by atoms with E-state index in [9.17, 15) is 4.79 Å². The van der Waals surface area contributed by atoms with Crippen LogP contribution in [-0.4, -0.2) is 27.3 Å². The first-order chi connectivity index (χ1) is 10.5. The van der Waals surface area contributed by atoms with Gasteiger partial charge in [-0.3, -0.25) is 4.79 Å². The second-order valence-electron chi connectivity index (χ2n) is 5.96. The smallest absolute Gasteiger partial charge is 0.254 e. The highest BCUT2D eigenvalue weighted by molar-refractivity contribution is 5.94. The van der Waals surface area contributed by atoms with Crippen molar-refractivity contribution in [3.8, 4) is 0 Å². The van der Waals surface area contributed by atoms with Crippen LogP contribution in [0.1, 0.15) is 46.9 Å². The number of fused-ring (bicyclic) bond motifs is 1. The molecule has 0 aliphatic carbocycles. The van der Waals surface area contributed by atoms with Crippen molar-refractivity contribution < 1.29 is 4.79 Å². The third kappa shape index (κ3) is 2.79. The molecule has 0 unspecified atom stereocenters. The summed E-state index contributed by atoms with van der Waals surface area (Å²) in [6.45, 7) is 5.46. The zero-order chi connectivity index (χ0) is 15.7. The number of nitrogen functional groups attached to an aromatic ring is 1. The van der Waals surface area contributed by atoms with Crippen molar-refractivity contribution in [2.24, 2.45) is 0 Å². The van der Waals surface area contributed by atoms with Crippen LogP contribution in [0.4, 0.5) is 5.95 Å². The number of rotatable bonds is 2. The first-order valence-corrected chi connectivity index (χ1v) is 7.54. The van der Waals surface area contributed by atoms with Gasteiger partial charge >= 0.3 is 0 Å². The van der Waals surface area contributed by atoms with Gasteiger partial charge in [-0.1, -0.05) is 26.0 Å². The first kappa shape index (κ1) is 14.5. The van der Waals surface area contributed by atoms with Gasteiger partial charge in [0.25, 0.3) is 5.91 Å². The summed E-state index contributed by atoms with van der Waals surface area (Å²) < 4.78 is 0. The maximum absolute atomic E-state index is 12.7. The van der Waals surface area contributed by atoms with Gasteiger partial charge in [0, 0.05) is 36.8 Å². The quantitative estimate of drug-likeness (QED) is 0.923. The summed E-state index contributed by atoms with van der Waals surface area (Å²) in [5.74, 6) is 0.763. The number of nitrogens with zero attached hydrogens (tertiary/aromatic N) is 3. The summed E-state index contributed by atoms with van der Waals surface area (Å²) in [6.07, 6.45) is 2.44. The Hall–Kier alpha value is -2.43. The lowest BCUT2D eigenvalue weighted by molar-refractivity contribution is 0.0733. The number of amides is 1. The molecular formula is C17H20N4O. The van der Waals surface area contributed by atoms with Gasteiger partial charge in [-0.2, -0.15) is 0 Å². The second kappa shape index (κ2) is 5.75. The van der Waals surface area contributed by atoms with Crippen molar-refractivity contribution in [1.29, 1.82) is 0 Å². The standard InChI is InChI=1S/C17H20N4O/c1-11(2)12-4-3-5-13(8-12)16(22)21-7-6-15-14(10-21)9-19-17(18)20-15/h3-5,8-9,11H,6-7,10H2,1-2H3,(H2,18,19,20). The van der Waals surface area contributed by atoms with E-state index in [2.05, 4.69) is 29.9 Å². The predicted octanol–water partition coefficient (Wildman–Crippen LogP) is 2.38. The highest BCUT2D eigenvalue weighted by Gasteiger charge is 2.23. The molecule has 5 nitrogen and oxygen atoms in total. The summed E-state index contributed by atoms with van der Waals surface area (Å²) in [6, 6.07) is 7.87. The molecule has 5 heteroatoms. The Balaban J connectivity index is 1.82. The Morgan fingerprint density at radius 2 is 2.18 bits per heavy atom. The van der Waals surface area contributed by atoms with Crippen molar-refractivity contribution in [2.75, 3.05) is 12.3 Å². The minimum absolute atomic E-state index is 0.0602. The van der Waals surface area contributed by atoms with Gasteiger partial charge in [0.05, 0.1) is 5.69 Å². The number of nitrogens with two attached hydrogens (primary N) is 1. The molecule has 0 radical (unpaired) electrons. The van der Waals surface area contributed by atoms with E-state index in [1.54, 1.807) is 6.20 Å². The number of carbonyl (C=O) groups excluding carboxylic acids is 1. The zero-order valence-electron chi connectivity index (χ0n) is 12.9. The topological polar surface area (TPSA) is 72.1 Å². The SMILES string of the molecule is CC(C)c1cccc(C(=O)N2CCc3nc(N)ncc3C2)c1. The van der Waals surface area contributed by atoms with Gasteiger partial charge in [0.15, 0.2) is 0 Å². The molecule has 3 rings (SSSR count). The fourth-order valence-corrected chi connectivity index (χ4v) is 2.72. The van der Waals surface area contributed by atoms with E-state index in [1.165, 1.54) is 5.56 Å². The molecule has 1 aliphatic heterocycles. The maximum atomic E-state index is 12.7. The van der Waals surface area contributed by atoms with Crippen molar-refractivity contribution >= 4 is 11.9 Å². The van der Waals surface area contributed by atoms with Crippen LogP contribution < -0.4 is 5.73 Å². The summed E-state index contributed by atoms with van der Waals surface area (Å²) in [7, 11) is 0. The minimum Gasteiger partial charge on any atom is -0.368 e. The van der Waals surface area contributed by atoms with Crippen molar-refractivity contribution in [2.45, 2.75) is 32.7 Å². The highest BCUT2D eigenvalue weighted by Crippen LogP contribution is 2.21. The van der Waals surface area contributed by atoms with Gasteiger partial charge in [0.2, 0.25) is 5.95 Å². The van der Waals surface area contributed by atoms with E-state index in [4.69, 9.17) is 5.73 Å². The van der Waals surface area contributed by atoms with Crippen LogP contribution in [0.25, 0.3) is 0 Å². The molecule has 0 fully saturated rings. The zero-order valence-corrected chi connectivity index (χ0v) is 12.9. The number of carbonyl (C=O) groups is 1. The lowest BCUT2D eigenvalue weighted by atomic mass is 9.99. The van der Waals surface area contributed by atoms with Crippen molar-refractivity contribution in [1.82, 2.24) is 14.9 Å². The van der Waals surface area contributed by atoms with Crippen LogP contribution in [-0.2, 0) is 13.0 Å². The highest BCUT2D eigenvalue weighted by atomic mass is 16.2. The average molecular weight is 296 g/mol. The number of aromatic nitrogens is 2. The predicted molar refractivity (Wildman–Crippen MR) is 85.4 cm³/mol. The van der Waals surface area contributed by atoms with Crippen LogP contribution in [0.5, 0.6) is 0 Å². The van der Waals surface area contributed by atoms with Gasteiger partial charge in [0.1, 0.15) is 0 Å². The van der Waals surface area contributed by atoms with Gasteiger partial charge in [-0.25, -0.2) is 9.97 Å². The van der Waals surface area contributed by atoms with E-state index in [-0.39, 0.29) is 5.91 Å². The minimum atomic E-state index is 0.0602. The number of hydrogen-bond donors (Lipinski definition) is 1. The van der Waals surface area contributed by atoms with Gasteiger partial charge < -0.3 is 10.6 Å². The van der Waals surface area contributed by atoms with E-state index < -0.39 is 0 Å². The van der Waals surface area contributed by atoms with E-state index in [0.717, 1.165) is 23.2 Å². The molecule has 0 spiro atoms. The number of anilines is 1. The molecule has 2 N–H and O–H groups in total.